The van der Waals surface area contributed by atoms with Crippen LogP contribution in [-0.2, 0) is 28.2 Å². The number of hydrogen-bond donors (Lipinski definition) is 1. The highest BCUT2D eigenvalue weighted by Gasteiger charge is 2.54. The Hall–Kier alpha value is -2.28. The number of carbonyl (C=O) groups excluding carboxylic acids is 1. The first kappa shape index (κ1) is 21.4. The third-order valence-corrected chi connectivity index (χ3v) is 5.89. The van der Waals surface area contributed by atoms with Crippen LogP contribution >= 0.6 is 0 Å². The number of halogens is 2. The molecule has 1 fully saturated rings. The highest BCUT2D eigenvalue weighted by molar-refractivity contribution is 5.81. The number of nitrogens with zero attached hydrogens (tertiary/aromatic N) is 2. The molecule has 0 spiro atoms. The summed E-state index contributed by atoms with van der Waals surface area (Å²) in [6.45, 7) is 5.74. The first-order valence-electron chi connectivity index (χ1n) is 10.2. The zero-order valence-corrected chi connectivity index (χ0v) is 17.0. The summed E-state index contributed by atoms with van der Waals surface area (Å²) in [5.74, 6) is -3.48. The summed E-state index contributed by atoms with van der Waals surface area (Å²) in [5, 5.41) is 11.3. The summed E-state index contributed by atoms with van der Waals surface area (Å²) in [6, 6.07) is 8.28. The maximum atomic E-state index is 13.8. The van der Waals surface area contributed by atoms with Gasteiger partial charge in [0.05, 0.1) is 19.7 Å². The summed E-state index contributed by atoms with van der Waals surface area (Å²) in [4.78, 5) is 12.9. The minimum Gasteiger partial charge on any atom is -0.463 e. The molecule has 158 valence electrons. The Kier molecular flexibility index (Phi) is 6.36. The van der Waals surface area contributed by atoms with Crippen LogP contribution in [0.15, 0.2) is 42.7 Å². The number of ether oxygens (including phenoxy) is 1. The number of aliphatic hydroxyl groups is 1. The molecule has 0 aliphatic heterocycles. The number of alkyl halides is 2. The fraction of sp³-hybridized carbons (Fsp3) is 0.545. The minimum atomic E-state index is -2.87. The van der Waals surface area contributed by atoms with Gasteiger partial charge in [-0.1, -0.05) is 30.3 Å². The topological polar surface area (TPSA) is 55.3 Å². The second kappa shape index (κ2) is 8.61. The second-order valence-electron chi connectivity index (χ2n) is 7.74. The molecule has 5 nitrogen and oxygen atoms in total. The van der Waals surface area contributed by atoms with Crippen molar-refractivity contribution in [3.63, 3.8) is 0 Å². The van der Waals surface area contributed by atoms with E-state index in [-0.39, 0.29) is 19.4 Å². The molecule has 29 heavy (non-hydrogen) atoms. The number of rotatable bonds is 8. The largest absolute Gasteiger partial charge is 0.463 e. The molecule has 1 N–H and O–H groups in total. The van der Waals surface area contributed by atoms with Crippen molar-refractivity contribution in [3.05, 3.63) is 54.1 Å². The van der Waals surface area contributed by atoms with E-state index >= 15 is 0 Å². The van der Waals surface area contributed by atoms with E-state index in [0.717, 1.165) is 12.4 Å². The zero-order chi connectivity index (χ0) is 21.1. The second-order valence-corrected chi connectivity index (χ2v) is 7.74. The number of benzene rings is 1. The van der Waals surface area contributed by atoms with Gasteiger partial charge in [-0.15, -0.1) is 0 Å². The Morgan fingerprint density at radius 3 is 2.69 bits per heavy atom. The van der Waals surface area contributed by atoms with Crippen LogP contribution in [-0.4, -0.2) is 28.2 Å². The van der Waals surface area contributed by atoms with Crippen molar-refractivity contribution in [2.45, 2.75) is 64.1 Å². The van der Waals surface area contributed by atoms with Crippen molar-refractivity contribution < 1.29 is 28.0 Å². The molecular weight excluding hydrogens is 378 g/mol. The van der Waals surface area contributed by atoms with E-state index in [2.05, 4.69) is 16.1 Å². The molecular formula is C22H29F2N2O3+. The summed E-state index contributed by atoms with van der Waals surface area (Å²) in [6.07, 6.45) is 3.76. The van der Waals surface area contributed by atoms with E-state index < -0.39 is 29.8 Å². The fourth-order valence-corrected chi connectivity index (χ4v) is 4.14. The Labute approximate surface area is 169 Å². The Bertz CT molecular complexity index is 838. The summed E-state index contributed by atoms with van der Waals surface area (Å²) >= 11 is 0. The van der Waals surface area contributed by atoms with E-state index in [9.17, 15) is 18.7 Å². The summed E-state index contributed by atoms with van der Waals surface area (Å²) in [7, 11) is 0. The Morgan fingerprint density at radius 1 is 1.38 bits per heavy atom. The van der Waals surface area contributed by atoms with E-state index in [1.54, 1.807) is 30.3 Å². The molecule has 0 saturated heterocycles. The van der Waals surface area contributed by atoms with Crippen LogP contribution in [0.25, 0.3) is 0 Å². The SMILES string of the molecule is CCn1cc[n+](CCCOC(=O)[C@](O)(c2ccccc2)[C@@H]2CCC(F)(F)C2)c1C. The van der Waals surface area contributed by atoms with Gasteiger partial charge in [0.2, 0.25) is 5.92 Å². The average Bonchev–Trinajstić information content (AvgIpc) is 3.26. The van der Waals surface area contributed by atoms with E-state index in [1.165, 1.54) is 0 Å². The summed E-state index contributed by atoms with van der Waals surface area (Å²) in [5.41, 5.74) is -1.76. The van der Waals surface area contributed by atoms with Crippen molar-refractivity contribution >= 4 is 5.97 Å². The number of hydrogen-bond acceptors (Lipinski definition) is 3. The van der Waals surface area contributed by atoms with Crippen LogP contribution in [0, 0.1) is 12.8 Å². The first-order chi connectivity index (χ1) is 13.8. The molecule has 0 radical (unpaired) electrons. The number of imidazole rings is 1. The van der Waals surface area contributed by atoms with Crippen LogP contribution in [0.2, 0.25) is 0 Å². The smallest absolute Gasteiger partial charge is 0.343 e. The van der Waals surface area contributed by atoms with Gasteiger partial charge >= 0.3 is 5.97 Å². The lowest BCUT2D eigenvalue weighted by Crippen LogP contribution is -2.44. The highest BCUT2D eigenvalue weighted by atomic mass is 19.3. The van der Waals surface area contributed by atoms with Crippen LogP contribution in [0.5, 0.6) is 0 Å². The maximum absolute atomic E-state index is 13.8. The van der Waals surface area contributed by atoms with Crippen molar-refractivity contribution in [1.29, 1.82) is 0 Å². The Morgan fingerprint density at radius 2 is 2.10 bits per heavy atom. The summed E-state index contributed by atoms with van der Waals surface area (Å²) < 4.78 is 37.2. The average molecular weight is 407 g/mol. The molecule has 2 atom stereocenters. The predicted octanol–water partition coefficient (Wildman–Crippen LogP) is 3.36. The number of aromatic nitrogens is 2. The van der Waals surface area contributed by atoms with Gasteiger partial charge in [0, 0.05) is 32.1 Å². The van der Waals surface area contributed by atoms with Crippen LogP contribution in [0.3, 0.4) is 0 Å². The molecule has 0 unspecified atom stereocenters. The van der Waals surface area contributed by atoms with Crippen LogP contribution in [0.1, 0.15) is 44.0 Å². The van der Waals surface area contributed by atoms with Gasteiger partial charge in [-0.3, -0.25) is 0 Å². The molecule has 1 aliphatic rings. The molecule has 1 aromatic carbocycles. The van der Waals surface area contributed by atoms with E-state index in [1.807, 2.05) is 19.3 Å². The lowest BCUT2D eigenvalue weighted by atomic mass is 9.80. The van der Waals surface area contributed by atoms with Gasteiger partial charge in [-0.05, 0) is 18.9 Å². The van der Waals surface area contributed by atoms with Crippen molar-refractivity contribution in [3.8, 4) is 0 Å². The van der Waals surface area contributed by atoms with Gasteiger partial charge in [0.1, 0.15) is 12.4 Å². The van der Waals surface area contributed by atoms with Gasteiger partial charge < -0.3 is 9.84 Å². The molecule has 1 saturated carbocycles. The molecule has 0 bridgehead atoms. The van der Waals surface area contributed by atoms with Gasteiger partial charge in [0.25, 0.3) is 5.82 Å². The predicted molar refractivity (Wildman–Crippen MR) is 103 cm³/mol. The molecule has 1 aromatic heterocycles. The molecule has 0 amide bonds. The van der Waals surface area contributed by atoms with Crippen molar-refractivity contribution in [1.82, 2.24) is 4.57 Å². The quantitative estimate of drug-likeness (QED) is 0.415. The third kappa shape index (κ3) is 4.50. The highest BCUT2D eigenvalue weighted by Crippen LogP contribution is 2.47. The molecule has 1 aliphatic carbocycles. The van der Waals surface area contributed by atoms with Gasteiger partial charge in [0.15, 0.2) is 5.60 Å². The zero-order valence-electron chi connectivity index (χ0n) is 17.0. The van der Waals surface area contributed by atoms with E-state index in [0.29, 0.717) is 18.5 Å². The van der Waals surface area contributed by atoms with Gasteiger partial charge in [-0.2, -0.15) is 0 Å². The normalized spacial score (nSPS) is 20.4. The van der Waals surface area contributed by atoms with Crippen molar-refractivity contribution in [2.75, 3.05) is 6.61 Å². The molecule has 7 heteroatoms. The fourth-order valence-electron chi connectivity index (χ4n) is 4.14. The monoisotopic (exact) mass is 407 g/mol. The minimum absolute atomic E-state index is 0.0765. The number of carbonyl (C=O) groups is 1. The third-order valence-electron chi connectivity index (χ3n) is 5.89. The van der Waals surface area contributed by atoms with Gasteiger partial charge in [-0.25, -0.2) is 22.7 Å². The molecule has 3 rings (SSSR count). The number of aryl methyl sites for hydroxylation is 2. The maximum Gasteiger partial charge on any atom is 0.343 e. The Balaban J connectivity index is 1.66. The van der Waals surface area contributed by atoms with Crippen LogP contribution in [0.4, 0.5) is 8.78 Å². The van der Waals surface area contributed by atoms with E-state index in [4.69, 9.17) is 4.74 Å². The van der Waals surface area contributed by atoms with Crippen molar-refractivity contribution in [2.24, 2.45) is 5.92 Å². The van der Waals surface area contributed by atoms with Crippen LogP contribution < -0.4 is 4.57 Å². The number of esters is 1. The molecule has 2 aromatic rings. The lowest BCUT2D eigenvalue weighted by Gasteiger charge is -2.32. The lowest BCUT2D eigenvalue weighted by molar-refractivity contribution is -0.702. The first-order valence-corrected chi connectivity index (χ1v) is 10.2. The standard InChI is InChI=1S/C22H29F2N2O3/c1-3-25-13-14-26(17(25)2)12-7-15-29-20(27)22(28,18-8-5-4-6-9-18)19-10-11-21(23,24)16-19/h4-6,8-9,13-14,19,28H,3,7,10-12,15-16H2,1-2H3/q+1/t19-,22+/m1/s1. The molecule has 1 heterocycles.